The van der Waals surface area contributed by atoms with Crippen molar-refractivity contribution in [2.24, 2.45) is 0 Å². The first kappa shape index (κ1) is 32.9. The van der Waals surface area contributed by atoms with Crippen molar-refractivity contribution >= 4 is 110 Å². The van der Waals surface area contributed by atoms with Gasteiger partial charge in [-0.3, -0.25) is 0 Å². The standard InChI is InChI=1S/C68H62N4/c1-41(2)43-27-31-47(32-28-43)69(45-19-13-11-14-20-45)57-37-35-49-53-39-60-54(40-59(53)71-63-51(61(57)65(49)71)23-17-25-55(63)67(5,6)7)50-36-38-58(62-52-24-18-26-56(68(8,9)10)64(52)72(60)66(50)62)70(46-21-15-12-16-22-46)48-33-29-44(30-34-48)42(3)4/h11-42H,1-10H3/i17D,18D,23D,24D,25D,26D,35D,36D,37D,38D,39D,40D. The Kier molecular flexibility index (Phi) is 7.25. The Bertz CT molecular complexity index is 4610. The van der Waals surface area contributed by atoms with Gasteiger partial charge in [-0.1, -0.05) is 178 Å². The summed E-state index contributed by atoms with van der Waals surface area (Å²) in [4.78, 5) is 3.80. The minimum atomic E-state index is -0.868. The molecule has 72 heavy (non-hydrogen) atoms. The second kappa shape index (κ2) is 15.8. The number of benzene rings is 9. The maximum Gasteiger partial charge on any atom is 0.0653 e. The fraction of sp³-hybridized carbons (Fsp3) is 0.206. The van der Waals surface area contributed by atoms with Crippen LogP contribution in [0.3, 0.4) is 0 Å². The van der Waals surface area contributed by atoms with E-state index in [1.54, 1.807) is 8.80 Å². The first-order valence-corrected chi connectivity index (χ1v) is 25.0. The number of rotatable bonds is 8. The quantitative estimate of drug-likeness (QED) is 0.151. The van der Waals surface area contributed by atoms with Crippen LogP contribution in [-0.2, 0) is 10.8 Å². The molecule has 13 rings (SSSR count). The fourth-order valence-electron chi connectivity index (χ4n) is 11.1. The van der Waals surface area contributed by atoms with Crippen LogP contribution in [0.2, 0.25) is 0 Å². The van der Waals surface area contributed by atoms with E-state index < -0.39 is 10.8 Å². The summed E-state index contributed by atoms with van der Waals surface area (Å²) in [5.74, 6) is 0.429. The molecule has 13 aromatic rings. The van der Waals surface area contributed by atoms with E-state index in [2.05, 4.69) is 27.7 Å². The van der Waals surface area contributed by atoms with Crippen molar-refractivity contribution in [2.75, 3.05) is 9.80 Å². The number of hydrogen-bond acceptors (Lipinski definition) is 2. The Morgan fingerprint density at radius 1 is 0.389 bits per heavy atom. The average Bonchev–Trinajstić information content (AvgIpc) is 1.53. The van der Waals surface area contributed by atoms with Gasteiger partial charge >= 0.3 is 0 Å². The van der Waals surface area contributed by atoms with Crippen molar-refractivity contribution < 1.29 is 16.4 Å². The van der Waals surface area contributed by atoms with Crippen LogP contribution in [0.1, 0.15) is 120 Å². The predicted octanol–water partition coefficient (Wildman–Crippen LogP) is 19.8. The van der Waals surface area contributed by atoms with Gasteiger partial charge in [-0.05, 0) is 118 Å². The summed E-state index contributed by atoms with van der Waals surface area (Å²) >= 11 is 0. The molecule has 4 nitrogen and oxygen atoms in total. The lowest BCUT2D eigenvalue weighted by atomic mass is 9.85. The zero-order chi connectivity index (χ0) is 60.0. The molecule has 4 aromatic heterocycles. The SMILES string of the molecule is [2H]c1c([2H])c(C(C)(C)C)c2c(c1[2H])c1c(N(c3ccccc3)c3ccc(C(C)C)cc3)c([2H])c([2H])c3c4c([2H])c5c(c([2H])c4n2c31)c1c([2H])c([2H])c(N(c2ccccc2)c2ccc(C(C)C)cc2)c2c3c([2H])c([2H])c([2H])c(C(C)(C)C)c3n5c12. The lowest BCUT2D eigenvalue weighted by Gasteiger charge is -2.27. The second-order valence-corrected chi connectivity index (χ2v) is 22.0. The highest BCUT2D eigenvalue weighted by Crippen LogP contribution is 2.53. The van der Waals surface area contributed by atoms with Crippen molar-refractivity contribution in [2.45, 2.75) is 91.9 Å². The van der Waals surface area contributed by atoms with E-state index in [4.69, 9.17) is 0 Å². The molecule has 0 bridgehead atoms. The Labute approximate surface area is 439 Å². The van der Waals surface area contributed by atoms with Crippen LogP contribution in [0, 0.1) is 0 Å². The highest BCUT2D eigenvalue weighted by atomic mass is 15.2. The highest BCUT2D eigenvalue weighted by Gasteiger charge is 2.31. The maximum absolute atomic E-state index is 10.9. The molecular weight excluding hydrogens is 873 g/mol. The Morgan fingerprint density at radius 3 is 1.10 bits per heavy atom. The van der Waals surface area contributed by atoms with Gasteiger partial charge in [-0.15, -0.1) is 0 Å². The molecule has 9 aromatic carbocycles. The van der Waals surface area contributed by atoms with Gasteiger partial charge in [0, 0.05) is 65.8 Å². The normalized spacial score (nSPS) is 15.2. The van der Waals surface area contributed by atoms with E-state index in [0.717, 1.165) is 11.1 Å². The summed E-state index contributed by atoms with van der Waals surface area (Å²) < 4.78 is 125. The minimum Gasteiger partial charge on any atom is -0.310 e. The predicted molar refractivity (Wildman–Crippen MR) is 311 cm³/mol. The van der Waals surface area contributed by atoms with Crippen LogP contribution in [0.4, 0.5) is 34.1 Å². The van der Waals surface area contributed by atoms with Gasteiger partial charge in [0.05, 0.1) is 60.9 Å². The zero-order valence-electron chi connectivity index (χ0n) is 54.3. The van der Waals surface area contributed by atoms with Gasteiger partial charge in [-0.25, -0.2) is 0 Å². The topological polar surface area (TPSA) is 15.3 Å². The molecule has 0 fully saturated rings. The van der Waals surface area contributed by atoms with Crippen molar-refractivity contribution in [3.8, 4) is 0 Å². The largest absolute Gasteiger partial charge is 0.310 e. The number of para-hydroxylation sites is 4. The fourth-order valence-corrected chi connectivity index (χ4v) is 11.1. The molecule has 4 heterocycles. The summed E-state index contributed by atoms with van der Waals surface area (Å²) in [7, 11) is 0. The molecule has 4 heteroatoms. The number of aromatic nitrogens is 2. The molecule has 0 aliphatic rings. The second-order valence-electron chi connectivity index (χ2n) is 22.0. The third-order valence-corrected chi connectivity index (χ3v) is 14.6. The molecule has 0 spiro atoms. The van der Waals surface area contributed by atoms with E-state index in [1.807, 2.05) is 161 Å². The van der Waals surface area contributed by atoms with E-state index in [1.165, 1.54) is 0 Å². The first-order valence-electron chi connectivity index (χ1n) is 31.0. The summed E-state index contributed by atoms with van der Waals surface area (Å²) in [5, 5.41) is 1.75. The molecule has 0 aliphatic carbocycles. The third kappa shape index (κ3) is 6.43. The molecule has 354 valence electrons. The van der Waals surface area contributed by atoms with Crippen molar-refractivity contribution in [3.63, 3.8) is 0 Å². The van der Waals surface area contributed by atoms with Gasteiger partial charge in [0.1, 0.15) is 0 Å². The minimum absolute atomic E-state index is 0.134. The Hall–Kier alpha value is -7.82. The summed E-state index contributed by atoms with van der Waals surface area (Å²) in [5.41, 5.74) is 5.94. The van der Waals surface area contributed by atoms with Crippen molar-refractivity contribution in [3.05, 3.63) is 204 Å². The van der Waals surface area contributed by atoms with Gasteiger partial charge in [0.25, 0.3) is 0 Å². The lowest BCUT2D eigenvalue weighted by molar-refractivity contribution is 0.594. The molecule has 0 amide bonds. The number of fused-ring (bicyclic) bond motifs is 12. The molecule has 0 saturated heterocycles. The van der Waals surface area contributed by atoms with E-state index in [9.17, 15) is 16.4 Å². The molecule has 0 saturated carbocycles. The molecule has 0 aliphatic heterocycles. The van der Waals surface area contributed by atoms with Crippen LogP contribution in [-0.4, -0.2) is 8.80 Å². The highest BCUT2D eigenvalue weighted by molar-refractivity contribution is 6.32. The molecule has 0 N–H and O–H groups in total. The van der Waals surface area contributed by atoms with Crippen molar-refractivity contribution in [1.82, 2.24) is 8.80 Å². The zero-order valence-corrected chi connectivity index (χ0v) is 42.3. The molecule has 0 radical (unpaired) electrons. The monoisotopic (exact) mass is 947 g/mol. The van der Waals surface area contributed by atoms with Crippen LogP contribution in [0.5, 0.6) is 0 Å². The molecule has 0 atom stereocenters. The summed E-state index contributed by atoms with van der Waals surface area (Å²) in [6, 6.07) is 32.1. The third-order valence-electron chi connectivity index (χ3n) is 14.6. The lowest BCUT2D eigenvalue weighted by Crippen LogP contribution is -2.12. The summed E-state index contributed by atoms with van der Waals surface area (Å²) in [6.07, 6.45) is 0. The Morgan fingerprint density at radius 2 is 0.750 bits per heavy atom. The smallest absolute Gasteiger partial charge is 0.0653 e. The maximum atomic E-state index is 10.9. The van der Waals surface area contributed by atoms with Crippen LogP contribution >= 0.6 is 0 Å². The van der Waals surface area contributed by atoms with E-state index in [-0.39, 0.29) is 139 Å². The van der Waals surface area contributed by atoms with Crippen molar-refractivity contribution in [1.29, 1.82) is 0 Å². The van der Waals surface area contributed by atoms with Gasteiger partial charge in [0.15, 0.2) is 0 Å². The van der Waals surface area contributed by atoms with Crippen LogP contribution < -0.4 is 9.80 Å². The van der Waals surface area contributed by atoms with Gasteiger partial charge < -0.3 is 18.6 Å². The van der Waals surface area contributed by atoms with E-state index >= 15 is 0 Å². The number of anilines is 6. The average molecular weight is 947 g/mol. The first-order chi connectivity index (χ1) is 39.7. The number of nitrogens with zero attached hydrogens (tertiary/aromatic N) is 4. The van der Waals surface area contributed by atoms with Crippen LogP contribution in [0.15, 0.2) is 182 Å². The Balaban J connectivity index is 1.31. The van der Waals surface area contributed by atoms with Crippen LogP contribution in [0.25, 0.3) is 76.2 Å². The van der Waals surface area contributed by atoms with E-state index in [0.29, 0.717) is 66.7 Å². The molecular formula is C68H62N4. The summed E-state index contributed by atoms with van der Waals surface area (Å²) in [6.45, 7) is 20.0. The molecule has 0 unspecified atom stereocenters. The number of hydrogen-bond donors (Lipinski definition) is 0. The van der Waals surface area contributed by atoms with Gasteiger partial charge in [0.2, 0.25) is 0 Å². The van der Waals surface area contributed by atoms with Gasteiger partial charge in [-0.2, -0.15) is 0 Å².